The predicted octanol–water partition coefficient (Wildman–Crippen LogP) is 7.38. The number of rotatable bonds is 4. The van der Waals surface area contributed by atoms with Crippen LogP contribution in [0.5, 0.6) is 0 Å². The van der Waals surface area contributed by atoms with Crippen LogP contribution in [0.1, 0.15) is 9.75 Å². The molecule has 0 saturated carbocycles. The molecule has 0 aliphatic carbocycles. The maximum Gasteiger partial charge on any atom is 0.148 e. The molecule has 3 rings (SSSR count). The fourth-order valence-electron chi connectivity index (χ4n) is 2.64. The van der Waals surface area contributed by atoms with Gasteiger partial charge in [-0.15, -0.1) is 34.0 Å². The number of allylic oxidation sites excluding steroid dienone is 4. The van der Waals surface area contributed by atoms with Crippen molar-refractivity contribution in [1.29, 1.82) is 31.6 Å². The molecule has 0 N–H and O–H groups in total. The highest BCUT2D eigenvalue weighted by molar-refractivity contribution is 9.13. The normalized spacial score (nSPS) is 9.33. The smallest absolute Gasteiger partial charge is 0.148 e. The lowest BCUT2D eigenvalue weighted by atomic mass is 10.1. The maximum atomic E-state index is 9.40. The lowest BCUT2D eigenvalue weighted by molar-refractivity contribution is 1.46. The van der Waals surface area contributed by atoms with Gasteiger partial charge in [-0.25, -0.2) is 0 Å². The number of halogens is 2. The summed E-state index contributed by atoms with van der Waals surface area (Å²) in [7, 11) is 0. The molecule has 0 aliphatic rings. The van der Waals surface area contributed by atoms with Crippen molar-refractivity contribution in [1.82, 2.24) is 0 Å². The Hall–Kier alpha value is -3.52. The summed E-state index contributed by atoms with van der Waals surface area (Å²) in [6.07, 6.45) is 0. The Balaban J connectivity index is 2.09. The second-order valence-electron chi connectivity index (χ2n) is 5.89. The van der Waals surface area contributed by atoms with Crippen LogP contribution in [-0.2, 0) is 0 Å². The second kappa shape index (κ2) is 10.4. The summed E-state index contributed by atoms with van der Waals surface area (Å²) < 4.78 is 1.58. The van der Waals surface area contributed by atoms with E-state index in [1.54, 1.807) is 36.4 Å². The maximum absolute atomic E-state index is 9.40. The summed E-state index contributed by atoms with van der Waals surface area (Å²) in [6, 6.07) is 17.9. The molecule has 3 heterocycles. The zero-order valence-electron chi connectivity index (χ0n) is 16.0. The number of hydrogen-bond donors (Lipinski definition) is 0. The van der Waals surface area contributed by atoms with Crippen molar-refractivity contribution in [3.05, 3.63) is 54.1 Å². The molecular formula is C22H4Br2N6S3. The van der Waals surface area contributed by atoms with Crippen LogP contribution in [-0.4, -0.2) is 0 Å². The quantitative estimate of drug-likeness (QED) is 0.283. The molecule has 6 nitrogen and oxygen atoms in total. The largest absolute Gasteiger partial charge is 0.192 e. The van der Waals surface area contributed by atoms with E-state index in [0.29, 0.717) is 9.75 Å². The lowest BCUT2D eigenvalue weighted by Crippen LogP contribution is -1.81. The van der Waals surface area contributed by atoms with E-state index in [2.05, 4.69) is 31.9 Å². The highest BCUT2D eigenvalue weighted by Crippen LogP contribution is 2.51. The minimum Gasteiger partial charge on any atom is -0.192 e. The third kappa shape index (κ3) is 4.52. The van der Waals surface area contributed by atoms with Crippen LogP contribution in [0.2, 0.25) is 0 Å². The van der Waals surface area contributed by atoms with Gasteiger partial charge in [-0.1, -0.05) is 0 Å². The molecule has 0 spiro atoms. The number of thiophene rings is 3. The molecule has 0 amide bonds. The van der Waals surface area contributed by atoms with Crippen LogP contribution in [0.3, 0.4) is 0 Å². The number of nitriles is 6. The van der Waals surface area contributed by atoms with E-state index in [0.717, 1.165) is 28.5 Å². The summed E-state index contributed by atoms with van der Waals surface area (Å²) in [6.45, 7) is 0. The van der Waals surface area contributed by atoms with E-state index < -0.39 is 0 Å². The fraction of sp³-hybridized carbons (Fsp3) is 0. The molecule has 0 aliphatic heterocycles. The summed E-state index contributed by atoms with van der Waals surface area (Å²) in [5.41, 5.74) is -0.403. The summed E-state index contributed by atoms with van der Waals surface area (Å²) in [4.78, 5) is 4.46. The van der Waals surface area contributed by atoms with Gasteiger partial charge >= 0.3 is 0 Å². The van der Waals surface area contributed by atoms with Crippen molar-refractivity contribution >= 4 is 77.0 Å². The van der Waals surface area contributed by atoms with Gasteiger partial charge in [-0.2, -0.15) is 31.6 Å². The molecule has 0 radical (unpaired) electrons. The van der Waals surface area contributed by atoms with Crippen molar-refractivity contribution in [3.63, 3.8) is 0 Å². The van der Waals surface area contributed by atoms with E-state index in [9.17, 15) is 10.5 Å². The van der Waals surface area contributed by atoms with Crippen molar-refractivity contribution in [2.45, 2.75) is 0 Å². The van der Waals surface area contributed by atoms with Gasteiger partial charge in [-0.05, 0) is 56.1 Å². The van der Waals surface area contributed by atoms with Gasteiger partial charge in [0.05, 0.1) is 29.8 Å². The average molecular weight is 608 g/mol. The minimum atomic E-state index is -0.236. The molecule has 3 aromatic rings. The topological polar surface area (TPSA) is 143 Å². The minimum absolute atomic E-state index is 0.0349. The summed E-state index contributed by atoms with van der Waals surface area (Å²) in [5, 5.41) is 55.2. The predicted molar refractivity (Wildman–Crippen MR) is 134 cm³/mol. The first-order valence-corrected chi connectivity index (χ1v) is 12.6. The zero-order chi connectivity index (χ0) is 24.1. The first-order chi connectivity index (χ1) is 15.9. The van der Waals surface area contributed by atoms with E-state index in [4.69, 9.17) is 21.0 Å². The Morgan fingerprint density at radius 3 is 1.21 bits per heavy atom. The highest BCUT2D eigenvalue weighted by Gasteiger charge is 2.22. The van der Waals surface area contributed by atoms with Gasteiger partial charge in [0.2, 0.25) is 0 Å². The first kappa shape index (κ1) is 24.1. The Kier molecular flexibility index (Phi) is 7.60. The van der Waals surface area contributed by atoms with Crippen molar-refractivity contribution in [2.24, 2.45) is 0 Å². The Morgan fingerprint density at radius 1 is 0.545 bits per heavy atom. The van der Waals surface area contributed by atoms with E-state index >= 15 is 0 Å². The first-order valence-electron chi connectivity index (χ1n) is 8.52. The molecule has 33 heavy (non-hydrogen) atoms. The average Bonchev–Trinajstić information content (AvgIpc) is 3.56. The van der Waals surface area contributed by atoms with Crippen LogP contribution in [0, 0.1) is 68.0 Å². The molecule has 0 atom stereocenters. The molecule has 0 fully saturated rings. The fourth-order valence-corrected chi connectivity index (χ4v) is 7.80. The highest BCUT2D eigenvalue weighted by atomic mass is 79.9. The van der Waals surface area contributed by atoms with Crippen LogP contribution in [0.25, 0.3) is 30.7 Å². The standard InChI is InChI=1S/C22H4Br2N6S3/c23-19-20(24)22(18-4-2-16(32-18)14(10-30)12(7-27)8-28)33-21(19)17-3-1-15(31-17)13(9-29)11(5-25)6-26/h1-4H. The summed E-state index contributed by atoms with van der Waals surface area (Å²) in [5.74, 6) is 0. The van der Waals surface area contributed by atoms with Gasteiger partial charge in [0.15, 0.2) is 0 Å². The van der Waals surface area contributed by atoms with Gasteiger partial charge in [0, 0.05) is 19.5 Å². The van der Waals surface area contributed by atoms with Gasteiger partial charge in [0.25, 0.3) is 0 Å². The van der Waals surface area contributed by atoms with Crippen LogP contribution >= 0.6 is 65.9 Å². The molecule has 0 bridgehead atoms. The summed E-state index contributed by atoms with van der Waals surface area (Å²) >= 11 is 11.2. The van der Waals surface area contributed by atoms with Crippen LogP contribution in [0.15, 0.2) is 44.4 Å². The monoisotopic (exact) mass is 606 g/mol. The molecule has 154 valence electrons. The van der Waals surface area contributed by atoms with Crippen LogP contribution < -0.4 is 0 Å². The van der Waals surface area contributed by atoms with Crippen molar-refractivity contribution < 1.29 is 0 Å². The molecule has 3 aromatic heterocycles. The van der Waals surface area contributed by atoms with E-state index in [1.165, 1.54) is 34.0 Å². The van der Waals surface area contributed by atoms with Crippen LogP contribution in [0.4, 0.5) is 0 Å². The Bertz CT molecular complexity index is 1460. The third-order valence-electron chi connectivity index (χ3n) is 4.12. The second-order valence-corrected chi connectivity index (χ2v) is 10.7. The van der Waals surface area contributed by atoms with Gasteiger partial charge in [0.1, 0.15) is 47.6 Å². The zero-order valence-corrected chi connectivity index (χ0v) is 21.6. The number of hydrogen-bond acceptors (Lipinski definition) is 9. The molecule has 0 aromatic carbocycles. The van der Waals surface area contributed by atoms with Gasteiger partial charge < -0.3 is 0 Å². The van der Waals surface area contributed by atoms with Gasteiger partial charge in [-0.3, -0.25) is 0 Å². The number of nitrogens with zero attached hydrogens (tertiary/aromatic N) is 6. The molecule has 0 saturated heterocycles. The Labute approximate surface area is 217 Å². The molecular weight excluding hydrogens is 604 g/mol. The Morgan fingerprint density at radius 2 is 0.909 bits per heavy atom. The van der Waals surface area contributed by atoms with E-state index in [1.807, 2.05) is 24.3 Å². The molecule has 0 unspecified atom stereocenters. The lowest BCUT2D eigenvalue weighted by Gasteiger charge is -1.94. The third-order valence-corrected chi connectivity index (χ3v) is 10.5. The molecule has 11 heteroatoms. The van der Waals surface area contributed by atoms with E-state index in [-0.39, 0.29) is 22.3 Å². The van der Waals surface area contributed by atoms with Crippen molar-refractivity contribution in [3.8, 4) is 55.9 Å². The SMILES string of the molecule is N#CC(C#N)=C(C#N)c1ccc(-c2sc(-c3ccc(C(C#N)=C(C#N)C#N)s3)c(Br)c2Br)s1. The van der Waals surface area contributed by atoms with Crippen molar-refractivity contribution in [2.75, 3.05) is 0 Å².